The van der Waals surface area contributed by atoms with Gasteiger partial charge in [-0.2, -0.15) is 0 Å². The molecule has 20 heavy (non-hydrogen) atoms. The average Bonchev–Trinajstić information content (AvgIpc) is 2.88. The monoisotopic (exact) mass is 311 g/mol. The van der Waals surface area contributed by atoms with Crippen LogP contribution in [0.15, 0.2) is 27.6 Å². The maximum atomic E-state index is 4.47. The third-order valence-corrected chi connectivity index (χ3v) is 5.38. The number of aromatic nitrogens is 2. The molecule has 0 aliphatic heterocycles. The number of thioether (sulfide) groups is 2. The van der Waals surface area contributed by atoms with Gasteiger partial charge in [-0.25, -0.2) is 4.98 Å². The van der Waals surface area contributed by atoms with E-state index in [4.69, 9.17) is 0 Å². The third-order valence-electron chi connectivity index (χ3n) is 2.74. The number of hydrogen-bond donors (Lipinski definition) is 2. The highest BCUT2D eigenvalue weighted by Crippen LogP contribution is 2.34. The van der Waals surface area contributed by atoms with Gasteiger partial charge in [0.15, 0.2) is 0 Å². The van der Waals surface area contributed by atoms with Crippen molar-refractivity contribution in [3.8, 4) is 0 Å². The Morgan fingerprint density at radius 3 is 2.50 bits per heavy atom. The molecule has 1 heterocycles. The second-order valence-corrected chi connectivity index (χ2v) is 7.75. The molecule has 0 atom stereocenters. The van der Waals surface area contributed by atoms with E-state index in [1.165, 1.54) is 15.0 Å². The molecular weight excluding hydrogens is 286 g/mol. The van der Waals surface area contributed by atoms with Crippen molar-refractivity contribution in [2.75, 3.05) is 7.05 Å². The maximum absolute atomic E-state index is 4.47. The van der Waals surface area contributed by atoms with Crippen molar-refractivity contribution in [3.63, 3.8) is 0 Å². The minimum atomic E-state index is 0.123. The summed E-state index contributed by atoms with van der Waals surface area (Å²) in [6.07, 6.45) is 6.17. The minimum absolute atomic E-state index is 0.123. The van der Waals surface area contributed by atoms with E-state index < -0.39 is 0 Å². The quantitative estimate of drug-likeness (QED) is 0.804. The van der Waals surface area contributed by atoms with E-state index in [1.807, 2.05) is 31.9 Å². The number of H-pyrrole nitrogens is 1. The highest BCUT2D eigenvalue weighted by atomic mass is 32.2. The number of nitrogens with one attached hydrogen (secondary N) is 2. The van der Waals surface area contributed by atoms with E-state index in [0.29, 0.717) is 0 Å². The molecule has 3 nitrogen and oxygen atoms in total. The van der Waals surface area contributed by atoms with Crippen molar-refractivity contribution >= 4 is 23.5 Å². The molecule has 1 aromatic rings. The van der Waals surface area contributed by atoms with Crippen molar-refractivity contribution in [3.05, 3.63) is 39.1 Å². The van der Waals surface area contributed by atoms with Crippen LogP contribution in [0.4, 0.5) is 0 Å². The second kappa shape index (κ2) is 7.84. The highest BCUT2D eigenvalue weighted by molar-refractivity contribution is 8.23. The molecule has 0 saturated carbocycles. The molecule has 0 saturated heterocycles. The number of rotatable bonds is 6. The molecule has 0 amide bonds. The van der Waals surface area contributed by atoms with Crippen molar-refractivity contribution in [2.45, 2.75) is 45.8 Å². The van der Waals surface area contributed by atoms with Gasteiger partial charge in [0, 0.05) is 28.6 Å². The number of allylic oxidation sites excluding steroid dienone is 2. The molecule has 0 radical (unpaired) electrons. The first-order valence-electron chi connectivity index (χ1n) is 6.76. The SMILES string of the molecule is C/C=C(/SCc1ncc(C(C)(C)C)[nH]1)S/C(=C/C)NC. The Morgan fingerprint density at radius 2 is 2.05 bits per heavy atom. The standard InChI is InChI=1S/C15H25N3S2/c1-7-13(16-6)20-14(8-2)19-10-12-17-9-11(18-12)15(3,4)5/h7-9,16H,10H2,1-6H3,(H,17,18)/b13-7+,14-8-. The summed E-state index contributed by atoms with van der Waals surface area (Å²) in [5.41, 5.74) is 1.31. The molecule has 0 fully saturated rings. The fourth-order valence-corrected chi connectivity index (χ4v) is 3.32. The van der Waals surface area contributed by atoms with Crippen LogP contribution >= 0.6 is 23.5 Å². The molecule has 0 bridgehead atoms. The van der Waals surface area contributed by atoms with Gasteiger partial charge in [-0.05, 0) is 13.8 Å². The first-order valence-corrected chi connectivity index (χ1v) is 8.56. The largest absolute Gasteiger partial charge is 0.383 e. The smallest absolute Gasteiger partial charge is 0.116 e. The molecular formula is C15H25N3S2. The third kappa shape index (κ3) is 5.29. The summed E-state index contributed by atoms with van der Waals surface area (Å²) in [5, 5.41) is 4.35. The minimum Gasteiger partial charge on any atom is -0.383 e. The predicted molar refractivity (Wildman–Crippen MR) is 92.7 cm³/mol. The van der Waals surface area contributed by atoms with E-state index in [9.17, 15) is 0 Å². The Labute approximate surface area is 131 Å². The van der Waals surface area contributed by atoms with Gasteiger partial charge in [0.25, 0.3) is 0 Å². The van der Waals surface area contributed by atoms with Crippen molar-refractivity contribution in [1.82, 2.24) is 15.3 Å². The summed E-state index contributed by atoms with van der Waals surface area (Å²) in [6.45, 7) is 10.7. The zero-order valence-electron chi connectivity index (χ0n) is 13.2. The van der Waals surface area contributed by atoms with Crippen molar-refractivity contribution in [2.24, 2.45) is 0 Å². The van der Waals surface area contributed by atoms with Crippen LogP contribution in [0, 0.1) is 0 Å². The molecule has 0 aliphatic carbocycles. The first-order chi connectivity index (χ1) is 9.40. The summed E-state index contributed by atoms with van der Waals surface area (Å²) < 4.78 is 1.28. The number of nitrogens with zero attached hydrogens (tertiary/aromatic N) is 1. The lowest BCUT2D eigenvalue weighted by Crippen LogP contribution is -2.11. The van der Waals surface area contributed by atoms with Crippen LogP contribution < -0.4 is 5.32 Å². The Bertz CT molecular complexity index is 482. The van der Waals surface area contributed by atoms with E-state index in [-0.39, 0.29) is 5.41 Å². The fourth-order valence-electron chi connectivity index (χ4n) is 1.49. The summed E-state index contributed by atoms with van der Waals surface area (Å²) in [4.78, 5) is 7.88. The Kier molecular flexibility index (Phi) is 6.76. The van der Waals surface area contributed by atoms with Gasteiger partial charge in [0.05, 0.1) is 10.8 Å². The molecule has 0 unspecified atom stereocenters. The topological polar surface area (TPSA) is 40.7 Å². The van der Waals surface area contributed by atoms with E-state index in [0.717, 1.165) is 11.6 Å². The van der Waals surface area contributed by atoms with Crippen LogP contribution in [0.2, 0.25) is 0 Å². The lowest BCUT2D eigenvalue weighted by Gasteiger charge is -2.15. The molecule has 1 rings (SSSR count). The summed E-state index contributed by atoms with van der Waals surface area (Å²) in [7, 11) is 1.95. The Morgan fingerprint density at radius 1 is 1.35 bits per heavy atom. The molecule has 112 valence electrons. The summed E-state index contributed by atoms with van der Waals surface area (Å²) in [6, 6.07) is 0. The Balaban J connectivity index is 2.59. The normalized spacial score (nSPS) is 13.7. The summed E-state index contributed by atoms with van der Waals surface area (Å²) in [5.74, 6) is 1.90. The fraction of sp³-hybridized carbons (Fsp3) is 0.533. The molecule has 0 aliphatic rings. The molecule has 0 aromatic carbocycles. The lowest BCUT2D eigenvalue weighted by atomic mass is 9.93. The number of hydrogen-bond acceptors (Lipinski definition) is 4. The van der Waals surface area contributed by atoms with Gasteiger partial charge in [-0.15, -0.1) is 11.8 Å². The van der Waals surface area contributed by atoms with E-state index in [2.05, 4.69) is 55.1 Å². The molecule has 0 spiro atoms. The van der Waals surface area contributed by atoms with Gasteiger partial charge in [0.1, 0.15) is 5.82 Å². The lowest BCUT2D eigenvalue weighted by molar-refractivity contribution is 0.571. The van der Waals surface area contributed by atoms with Crippen LogP contribution in [-0.4, -0.2) is 17.0 Å². The van der Waals surface area contributed by atoms with Crippen LogP contribution in [0.1, 0.15) is 46.1 Å². The van der Waals surface area contributed by atoms with Gasteiger partial charge in [-0.1, -0.05) is 44.7 Å². The zero-order valence-corrected chi connectivity index (χ0v) is 14.8. The van der Waals surface area contributed by atoms with E-state index in [1.54, 1.807) is 11.8 Å². The van der Waals surface area contributed by atoms with Gasteiger partial charge in [0.2, 0.25) is 0 Å². The average molecular weight is 312 g/mol. The first kappa shape index (κ1) is 17.2. The predicted octanol–water partition coefficient (Wildman–Crippen LogP) is 4.62. The van der Waals surface area contributed by atoms with E-state index >= 15 is 0 Å². The van der Waals surface area contributed by atoms with Crippen LogP contribution in [0.5, 0.6) is 0 Å². The zero-order chi connectivity index (χ0) is 15.2. The van der Waals surface area contributed by atoms with Gasteiger partial charge >= 0.3 is 0 Å². The molecule has 2 N–H and O–H groups in total. The van der Waals surface area contributed by atoms with Gasteiger partial charge < -0.3 is 10.3 Å². The molecule has 5 heteroatoms. The highest BCUT2D eigenvalue weighted by Gasteiger charge is 2.16. The number of aromatic amines is 1. The van der Waals surface area contributed by atoms with Crippen LogP contribution in [-0.2, 0) is 11.2 Å². The molecule has 1 aromatic heterocycles. The summed E-state index contributed by atoms with van der Waals surface area (Å²) >= 11 is 3.56. The second-order valence-electron chi connectivity index (χ2n) is 5.39. The van der Waals surface area contributed by atoms with Crippen LogP contribution in [0.3, 0.4) is 0 Å². The van der Waals surface area contributed by atoms with Crippen LogP contribution in [0.25, 0.3) is 0 Å². The number of imidazole rings is 1. The maximum Gasteiger partial charge on any atom is 0.116 e. The van der Waals surface area contributed by atoms with Crippen molar-refractivity contribution < 1.29 is 0 Å². The van der Waals surface area contributed by atoms with Crippen molar-refractivity contribution in [1.29, 1.82) is 0 Å². The Hall–Kier alpha value is -0.810. The van der Waals surface area contributed by atoms with Gasteiger partial charge in [-0.3, -0.25) is 0 Å².